The van der Waals surface area contributed by atoms with E-state index in [2.05, 4.69) is 25.6 Å². The van der Waals surface area contributed by atoms with Crippen LogP contribution in [-0.2, 0) is 0 Å². The minimum atomic E-state index is -0.306. The van der Waals surface area contributed by atoms with Gasteiger partial charge in [0.05, 0.1) is 18.0 Å². The molecule has 2 N–H and O–H groups in total. The Hall–Kier alpha value is -2.61. The van der Waals surface area contributed by atoms with Crippen molar-refractivity contribution in [3.05, 3.63) is 36.3 Å². The van der Waals surface area contributed by atoms with Gasteiger partial charge < -0.3 is 10.4 Å². The fraction of sp³-hybridized carbons (Fsp3) is 0.375. The number of halogens is 1. The van der Waals surface area contributed by atoms with E-state index in [1.165, 1.54) is 12.1 Å². The lowest BCUT2D eigenvalue weighted by molar-refractivity contribution is 0.126. The molecule has 2 heterocycles. The normalized spacial score (nSPS) is 21.1. The van der Waals surface area contributed by atoms with Crippen molar-refractivity contribution in [2.45, 2.75) is 37.8 Å². The molecule has 0 unspecified atom stereocenters. The molecule has 0 bridgehead atoms. The van der Waals surface area contributed by atoms with E-state index in [4.69, 9.17) is 0 Å². The number of aliphatic hydroxyl groups excluding tert-OH is 1. The molecule has 8 heteroatoms. The summed E-state index contributed by atoms with van der Waals surface area (Å²) in [6.45, 7) is 0. The van der Waals surface area contributed by atoms with Gasteiger partial charge in [-0.15, -0.1) is 5.10 Å². The van der Waals surface area contributed by atoms with Crippen LogP contribution < -0.4 is 5.32 Å². The lowest BCUT2D eigenvalue weighted by Crippen LogP contribution is -2.28. The Bertz CT molecular complexity index is 841. The molecule has 1 fully saturated rings. The zero-order valence-corrected chi connectivity index (χ0v) is 12.9. The van der Waals surface area contributed by atoms with E-state index < -0.39 is 0 Å². The third-order valence-corrected chi connectivity index (χ3v) is 4.29. The van der Waals surface area contributed by atoms with Gasteiger partial charge in [-0.05, 0) is 49.9 Å². The topological polar surface area (TPSA) is 88.8 Å². The second-order valence-corrected chi connectivity index (χ2v) is 6.03. The van der Waals surface area contributed by atoms with E-state index in [1.54, 1.807) is 23.0 Å². The van der Waals surface area contributed by atoms with Crippen LogP contribution in [0.25, 0.3) is 16.9 Å². The maximum Gasteiger partial charge on any atom is 0.225 e. The minimum absolute atomic E-state index is 0.199. The second-order valence-electron chi connectivity index (χ2n) is 6.03. The monoisotopic (exact) mass is 328 g/mol. The smallest absolute Gasteiger partial charge is 0.225 e. The van der Waals surface area contributed by atoms with Gasteiger partial charge >= 0.3 is 0 Å². The van der Waals surface area contributed by atoms with E-state index in [1.807, 2.05) is 0 Å². The number of hydrogen-bond donors (Lipinski definition) is 2. The summed E-state index contributed by atoms with van der Waals surface area (Å²) in [5.74, 6) is 0.203. The van der Waals surface area contributed by atoms with Gasteiger partial charge in [-0.25, -0.2) is 9.37 Å². The van der Waals surface area contributed by atoms with Crippen molar-refractivity contribution >= 4 is 17.1 Å². The fourth-order valence-electron chi connectivity index (χ4n) is 2.96. The number of hydrogen-bond acceptors (Lipinski definition) is 6. The van der Waals surface area contributed by atoms with Crippen LogP contribution in [0.2, 0.25) is 0 Å². The van der Waals surface area contributed by atoms with E-state index in [0.717, 1.165) is 25.7 Å². The maximum atomic E-state index is 13.1. The summed E-state index contributed by atoms with van der Waals surface area (Å²) in [5, 5.41) is 21.0. The van der Waals surface area contributed by atoms with Crippen LogP contribution in [0.15, 0.2) is 30.5 Å². The summed E-state index contributed by atoms with van der Waals surface area (Å²) in [5.41, 5.74) is 1.82. The summed E-state index contributed by atoms with van der Waals surface area (Å²) < 4.78 is 14.7. The average Bonchev–Trinajstić information content (AvgIpc) is 3.01. The Kier molecular flexibility index (Phi) is 3.81. The fourth-order valence-corrected chi connectivity index (χ4v) is 2.96. The number of fused-ring (bicyclic) bond motifs is 1. The summed E-state index contributed by atoms with van der Waals surface area (Å²) in [4.78, 5) is 8.79. The minimum Gasteiger partial charge on any atom is -0.393 e. The Balaban J connectivity index is 1.62. The summed E-state index contributed by atoms with van der Waals surface area (Å²) >= 11 is 0. The van der Waals surface area contributed by atoms with E-state index >= 15 is 0 Å². The Labute approximate surface area is 137 Å². The quantitative estimate of drug-likeness (QED) is 0.765. The summed E-state index contributed by atoms with van der Waals surface area (Å²) in [6.07, 6.45) is 4.77. The van der Waals surface area contributed by atoms with E-state index in [9.17, 15) is 9.50 Å². The molecule has 0 aliphatic heterocycles. The molecule has 0 saturated heterocycles. The van der Waals surface area contributed by atoms with Gasteiger partial charge in [0.1, 0.15) is 5.82 Å². The molecule has 0 radical (unpaired) electrons. The van der Waals surface area contributed by atoms with Crippen LogP contribution in [0.4, 0.5) is 10.3 Å². The predicted octanol–water partition coefficient (Wildman–Crippen LogP) is 2.06. The first kappa shape index (κ1) is 14.9. The van der Waals surface area contributed by atoms with Crippen molar-refractivity contribution in [2.24, 2.45) is 0 Å². The van der Waals surface area contributed by atoms with Crippen molar-refractivity contribution in [1.29, 1.82) is 0 Å². The first-order chi connectivity index (χ1) is 11.7. The van der Waals surface area contributed by atoms with Crippen LogP contribution >= 0.6 is 0 Å². The van der Waals surface area contributed by atoms with Gasteiger partial charge in [-0.2, -0.15) is 9.67 Å². The number of nitrogens with zero attached hydrogens (tertiary/aromatic N) is 5. The number of nitrogens with one attached hydrogen (secondary N) is 1. The zero-order chi connectivity index (χ0) is 16.5. The van der Waals surface area contributed by atoms with Crippen molar-refractivity contribution in [3.63, 3.8) is 0 Å². The molecule has 1 aliphatic rings. The van der Waals surface area contributed by atoms with Gasteiger partial charge in [0.2, 0.25) is 5.95 Å². The molecule has 3 aromatic rings. The standard InChI is InChI=1S/C16H17FN6O/c17-10-1-5-12(6-2-10)23-15-14(21-22-23)9-18-16(20-15)19-11-3-7-13(24)8-4-11/h1-2,5-6,9,11,13,24H,3-4,7-8H2,(H,18,19,20). The molecule has 1 aliphatic carbocycles. The number of rotatable bonds is 3. The van der Waals surface area contributed by atoms with Crippen LogP contribution in [0, 0.1) is 5.82 Å². The molecule has 4 rings (SSSR count). The average molecular weight is 328 g/mol. The van der Waals surface area contributed by atoms with Crippen molar-refractivity contribution in [2.75, 3.05) is 5.32 Å². The number of anilines is 1. The molecule has 1 aromatic carbocycles. The molecule has 24 heavy (non-hydrogen) atoms. The third-order valence-electron chi connectivity index (χ3n) is 4.29. The number of aliphatic hydroxyl groups is 1. The van der Waals surface area contributed by atoms with Crippen LogP contribution in [-0.4, -0.2) is 42.2 Å². The maximum absolute atomic E-state index is 13.1. The third kappa shape index (κ3) is 2.92. The van der Waals surface area contributed by atoms with Crippen molar-refractivity contribution in [3.8, 4) is 5.69 Å². The Morgan fingerprint density at radius 2 is 1.88 bits per heavy atom. The number of benzene rings is 1. The van der Waals surface area contributed by atoms with Crippen LogP contribution in [0.1, 0.15) is 25.7 Å². The molecule has 0 atom stereocenters. The van der Waals surface area contributed by atoms with Gasteiger partial charge in [-0.1, -0.05) is 5.21 Å². The Morgan fingerprint density at radius 1 is 1.12 bits per heavy atom. The molecule has 124 valence electrons. The molecule has 0 spiro atoms. The number of aromatic nitrogens is 5. The molecular formula is C16H17FN6O. The largest absolute Gasteiger partial charge is 0.393 e. The lowest BCUT2D eigenvalue weighted by Gasteiger charge is -2.26. The van der Waals surface area contributed by atoms with E-state index in [0.29, 0.717) is 22.8 Å². The molecule has 0 amide bonds. The van der Waals surface area contributed by atoms with Crippen LogP contribution in [0.3, 0.4) is 0 Å². The van der Waals surface area contributed by atoms with Gasteiger partial charge in [0, 0.05) is 6.04 Å². The zero-order valence-electron chi connectivity index (χ0n) is 12.9. The van der Waals surface area contributed by atoms with Gasteiger partial charge in [-0.3, -0.25) is 0 Å². The van der Waals surface area contributed by atoms with Crippen molar-refractivity contribution < 1.29 is 9.50 Å². The molecule has 2 aromatic heterocycles. The Morgan fingerprint density at radius 3 is 2.62 bits per heavy atom. The highest BCUT2D eigenvalue weighted by Crippen LogP contribution is 2.22. The lowest BCUT2D eigenvalue weighted by atomic mass is 9.93. The van der Waals surface area contributed by atoms with Crippen molar-refractivity contribution in [1.82, 2.24) is 25.0 Å². The highest BCUT2D eigenvalue weighted by molar-refractivity contribution is 5.71. The molecule has 1 saturated carbocycles. The summed E-state index contributed by atoms with van der Waals surface area (Å²) in [7, 11) is 0. The first-order valence-corrected chi connectivity index (χ1v) is 7.98. The molecular weight excluding hydrogens is 311 g/mol. The highest BCUT2D eigenvalue weighted by atomic mass is 19.1. The first-order valence-electron chi connectivity index (χ1n) is 7.98. The SMILES string of the molecule is OC1CCC(Nc2ncc3nnn(-c4ccc(F)cc4)c3n2)CC1. The predicted molar refractivity (Wildman–Crippen MR) is 86.3 cm³/mol. The van der Waals surface area contributed by atoms with Crippen LogP contribution in [0.5, 0.6) is 0 Å². The van der Waals surface area contributed by atoms with E-state index in [-0.39, 0.29) is 18.0 Å². The molecule has 7 nitrogen and oxygen atoms in total. The van der Waals surface area contributed by atoms with Gasteiger partial charge in [0.25, 0.3) is 0 Å². The highest BCUT2D eigenvalue weighted by Gasteiger charge is 2.20. The van der Waals surface area contributed by atoms with Gasteiger partial charge in [0.15, 0.2) is 11.2 Å². The summed E-state index contributed by atoms with van der Waals surface area (Å²) in [6, 6.07) is 6.25. The second kappa shape index (κ2) is 6.12.